The number of methoxy groups -OCH3 is 2. The van der Waals surface area contributed by atoms with Crippen molar-refractivity contribution in [2.24, 2.45) is 23.0 Å². The minimum absolute atomic E-state index is 0.00733. The summed E-state index contributed by atoms with van der Waals surface area (Å²) in [5.74, 6) is 2.09. The van der Waals surface area contributed by atoms with Crippen LogP contribution in [0.3, 0.4) is 0 Å². The maximum atomic E-state index is 12.8. The van der Waals surface area contributed by atoms with E-state index in [0.29, 0.717) is 31.3 Å². The van der Waals surface area contributed by atoms with Crippen LogP contribution < -0.4 is 20.5 Å². The monoisotopic (exact) mass is 494 g/mol. The average molecular weight is 495 g/mol. The summed E-state index contributed by atoms with van der Waals surface area (Å²) in [6.45, 7) is 11.8. The second-order valence-electron chi connectivity index (χ2n) is 9.91. The lowest BCUT2D eigenvalue weighted by Crippen LogP contribution is -2.48. The predicted octanol–water partition coefficient (Wildman–Crippen LogP) is 4.34. The SMILES string of the molecule is CCC(CC)(CC)C(=O)NCC(O)C(N)CC(Cc1ccc(OC)c(OCCCOC)c1)C(C)C. The van der Waals surface area contributed by atoms with Gasteiger partial charge in [0.1, 0.15) is 0 Å². The van der Waals surface area contributed by atoms with Gasteiger partial charge < -0.3 is 30.4 Å². The van der Waals surface area contributed by atoms with E-state index in [0.717, 1.165) is 43.4 Å². The molecular weight excluding hydrogens is 444 g/mol. The van der Waals surface area contributed by atoms with Crippen molar-refractivity contribution in [1.29, 1.82) is 0 Å². The van der Waals surface area contributed by atoms with Gasteiger partial charge in [0, 0.05) is 38.1 Å². The van der Waals surface area contributed by atoms with Crippen LogP contribution in [0.4, 0.5) is 0 Å². The third-order valence-electron chi connectivity index (χ3n) is 7.47. The van der Waals surface area contributed by atoms with Crippen molar-refractivity contribution in [3.63, 3.8) is 0 Å². The Balaban J connectivity index is 2.78. The zero-order chi connectivity index (χ0) is 26.4. The zero-order valence-electron chi connectivity index (χ0n) is 23.1. The number of hydrogen-bond acceptors (Lipinski definition) is 6. The molecule has 0 saturated carbocycles. The fourth-order valence-electron chi connectivity index (χ4n) is 4.51. The molecule has 0 aliphatic carbocycles. The lowest BCUT2D eigenvalue weighted by atomic mass is 9.79. The topological polar surface area (TPSA) is 103 Å². The van der Waals surface area contributed by atoms with Gasteiger partial charge in [0.2, 0.25) is 5.91 Å². The largest absolute Gasteiger partial charge is 0.493 e. The Morgan fingerprint density at radius 2 is 1.74 bits per heavy atom. The molecule has 7 heteroatoms. The fourth-order valence-corrected chi connectivity index (χ4v) is 4.51. The van der Waals surface area contributed by atoms with Gasteiger partial charge in [0.25, 0.3) is 0 Å². The Labute approximate surface area is 213 Å². The van der Waals surface area contributed by atoms with Crippen LogP contribution in [-0.2, 0) is 16.0 Å². The lowest BCUT2D eigenvalue weighted by molar-refractivity contribution is -0.132. The number of amides is 1. The second-order valence-corrected chi connectivity index (χ2v) is 9.91. The minimum atomic E-state index is -0.793. The van der Waals surface area contributed by atoms with E-state index < -0.39 is 12.1 Å². The summed E-state index contributed by atoms with van der Waals surface area (Å²) in [6.07, 6.45) is 3.82. The molecule has 0 radical (unpaired) electrons. The summed E-state index contributed by atoms with van der Waals surface area (Å²) < 4.78 is 16.5. The van der Waals surface area contributed by atoms with Crippen LogP contribution in [0, 0.1) is 17.3 Å². The van der Waals surface area contributed by atoms with Crippen LogP contribution in [0.5, 0.6) is 11.5 Å². The quantitative estimate of drug-likeness (QED) is 0.262. The Kier molecular flexibility index (Phi) is 14.3. The molecule has 0 aliphatic rings. The summed E-state index contributed by atoms with van der Waals surface area (Å²) in [5, 5.41) is 13.7. The zero-order valence-corrected chi connectivity index (χ0v) is 23.1. The number of carbonyl (C=O) groups is 1. The average Bonchev–Trinajstić information content (AvgIpc) is 2.86. The third-order valence-corrected chi connectivity index (χ3v) is 7.47. The molecule has 202 valence electrons. The summed E-state index contributed by atoms with van der Waals surface area (Å²) in [6, 6.07) is 5.59. The first-order valence-electron chi connectivity index (χ1n) is 13.2. The molecule has 1 rings (SSSR count). The van der Waals surface area contributed by atoms with Crippen molar-refractivity contribution in [2.45, 2.75) is 85.3 Å². The number of nitrogens with one attached hydrogen (secondary N) is 1. The van der Waals surface area contributed by atoms with Crippen LogP contribution in [0.2, 0.25) is 0 Å². The Bertz CT molecular complexity index is 728. The van der Waals surface area contributed by atoms with Crippen molar-refractivity contribution >= 4 is 5.91 Å². The number of carbonyl (C=O) groups excluding carboxylic acids is 1. The van der Waals surface area contributed by atoms with E-state index in [1.165, 1.54) is 0 Å². The van der Waals surface area contributed by atoms with Crippen LogP contribution in [-0.4, -0.2) is 57.1 Å². The summed E-state index contributed by atoms with van der Waals surface area (Å²) in [5.41, 5.74) is 7.18. The first-order valence-corrected chi connectivity index (χ1v) is 13.2. The maximum absolute atomic E-state index is 12.8. The van der Waals surface area contributed by atoms with Crippen molar-refractivity contribution < 1.29 is 24.1 Å². The molecule has 1 aromatic carbocycles. The van der Waals surface area contributed by atoms with E-state index in [4.69, 9.17) is 19.9 Å². The molecule has 1 aromatic rings. The Hall–Kier alpha value is -1.83. The van der Waals surface area contributed by atoms with Crippen LogP contribution in [0.25, 0.3) is 0 Å². The highest BCUT2D eigenvalue weighted by Crippen LogP contribution is 2.32. The van der Waals surface area contributed by atoms with Gasteiger partial charge in [-0.2, -0.15) is 0 Å². The molecule has 0 bridgehead atoms. The van der Waals surface area contributed by atoms with Gasteiger partial charge in [-0.1, -0.05) is 40.7 Å². The van der Waals surface area contributed by atoms with E-state index in [-0.39, 0.29) is 23.8 Å². The van der Waals surface area contributed by atoms with Gasteiger partial charge in [-0.15, -0.1) is 0 Å². The van der Waals surface area contributed by atoms with Gasteiger partial charge in [0.15, 0.2) is 11.5 Å². The van der Waals surface area contributed by atoms with E-state index in [2.05, 4.69) is 25.2 Å². The molecule has 7 nitrogen and oxygen atoms in total. The van der Waals surface area contributed by atoms with Gasteiger partial charge >= 0.3 is 0 Å². The van der Waals surface area contributed by atoms with Crippen molar-refractivity contribution in [3.05, 3.63) is 23.8 Å². The number of aliphatic hydroxyl groups is 1. The third kappa shape index (κ3) is 9.62. The van der Waals surface area contributed by atoms with Gasteiger partial charge in [-0.3, -0.25) is 4.79 Å². The summed E-state index contributed by atoms with van der Waals surface area (Å²) in [4.78, 5) is 12.8. The molecule has 0 spiro atoms. The highest BCUT2D eigenvalue weighted by atomic mass is 16.5. The van der Waals surface area contributed by atoms with Gasteiger partial charge in [-0.25, -0.2) is 0 Å². The minimum Gasteiger partial charge on any atom is -0.493 e. The number of hydrogen-bond donors (Lipinski definition) is 3. The summed E-state index contributed by atoms with van der Waals surface area (Å²) >= 11 is 0. The lowest BCUT2D eigenvalue weighted by Gasteiger charge is -2.31. The van der Waals surface area contributed by atoms with Crippen LogP contribution >= 0.6 is 0 Å². The Morgan fingerprint density at radius 1 is 1.09 bits per heavy atom. The highest BCUT2D eigenvalue weighted by Gasteiger charge is 2.33. The van der Waals surface area contributed by atoms with Gasteiger partial charge in [0.05, 0.1) is 19.8 Å². The Morgan fingerprint density at radius 3 is 2.29 bits per heavy atom. The molecule has 0 saturated heterocycles. The number of aliphatic hydroxyl groups excluding tert-OH is 1. The highest BCUT2D eigenvalue weighted by molar-refractivity contribution is 5.82. The number of benzene rings is 1. The molecule has 0 aliphatic heterocycles. The van der Waals surface area contributed by atoms with Crippen LogP contribution in [0.15, 0.2) is 18.2 Å². The van der Waals surface area contributed by atoms with E-state index in [1.807, 2.05) is 32.9 Å². The van der Waals surface area contributed by atoms with Crippen molar-refractivity contribution in [3.8, 4) is 11.5 Å². The molecule has 1 amide bonds. The molecule has 3 atom stereocenters. The summed E-state index contributed by atoms with van der Waals surface area (Å²) in [7, 11) is 3.32. The maximum Gasteiger partial charge on any atom is 0.226 e. The van der Waals surface area contributed by atoms with Crippen LogP contribution in [0.1, 0.15) is 72.3 Å². The van der Waals surface area contributed by atoms with E-state index >= 15 is 0 Å². The van der Waals surface area contributed by atoms with Gasteiger partial charge in [-0.05, 0) is 61.6 Å². The molecular formula is C28H50N2O5. The standard InChI is InChI=1S/C28H50N2O5/c1-8-28(9-2,10-3)27(32)30-19-24(31)23(29)18-22(20(4)5)16-21-12-13-25(34-7)26(17-21)35-15-11-14-33-6/h12-13,17,20,22-24,31H,8-11,14-16,18-19,29H2,1-7H3,(H,30,32). The predicted molar refractivity (Wildman–Crippen MR) is 142 cm³/mol. The first kappa shape index (κ1) is 31.2. The fraction of sp³-hybridized carbons (Fsp3) is 0.750. The van der Waals surface area contributed by atoms with Crippen molar-refractivity contribution in [1.82, 2.24) is 5.32 Å². The molecule has 3 unspecified atom stereocenters. The second kappa shape index (κ2) is 16.0. The van der Waals surface area contributed by atoms with Crippen molar-refractivity contribution in [2.75, 3.05) is 34.0 Å². The number of rotatable bonds is 18. The molecule has 0 fully saturated rings. The molecule has 35 heavy (non-hydrogen) atoms. The first-order chi connectivity index (χ1) is 16.7. The molecule has 0 aromatic heterocycles. The van der Waals surface area contributed by atoms with E-state index in [9.17, 15) is 9.90 Å². The number of nitrogens with two attached hydrogens (primary N) is 1. The normalized spacial score (nSPS) is 14.5. The smallest absolute Gasteiger partial charge is 0.226 e. The molecule has 4 N–H and O–H groups in total. The number of ether oxygens (including phenoxy) is 3. The molecule has 0 heterocycles. The van der Waals surface area contributed by atoms with E-state index in [1.54, 1.807) is 14.2 Å².